The number of rotatable bonds is 2. The van der Waals surface area contributed by atoms with E-state index in [-0.39, 0.29) is 23.8 Å². The number of imide groups is 1. The maximum atomic E-state index is 14.1. The van der Waals surface area contributed by atoms with E-state index in [1.807, 2.05) is 63.2 Å². The van der Waals surface area contributed by atoms with Gasteiger partial charge in [-0.05, 0) is 57.9 Å². The van der Waals surface area contributed by atoms with E-state index in [0.29, 0.717) is 12.2 Å². The third-order valence-electron chi connectivity index (χ3n) is 8.05. The highest BCUT2D eigenvalue weighted by Crippen LogP contribution is 2.61. The molecule has 0 unspecified atom stereocenters. The van der Waals surface area contributed by atoms with Gasteiger partial charge in [0.15, 0.2) is 0 Å². The van der Waals surface area contributed by atoms with Crippen LogP contribution in [-0.4, -0.2) is 41.8 Å². The van der Waals surface area contributed by atoms with Crippen LogP contribution in [0.5, 0.6) is 0 Å². The first kappa shape index (κ1) is 19.7. The summed E-state index contributed by atoms with van der Waals surface area (Å²) >= 11 is 0. The lowest BCUT2D eigenvalue weighted by Crippen LogP contribution is -2.56. The number of hydrogen-bond donors (Lipinski definition) is 0. The van der Waals surface area contributed by atoms with Crippen LogP contribution in [0.1, 0.15) is 36.5 Å². The quantitative estimate of drug-likeness (QED) is 0.688. The van der Waals surface area contributed by atoms with Crippen LogP contribution in [0.15, 0.2) is 42.5 Å². The fourth-order valence-corrected chi connectivity index (χ4v) is 6.95. The molecule has 4 atom stereocenters. The average Bonchev–Trinajstić information content (AvgIpc) is 3.47. The van der Waals surface area contributed by atoms with E-state index in [1.165, 1.54) is 4.90 Å². The largest absolute Gasteiger partial charge is 0.310 e. The fourth-order valence-electron chi connectivity index (χ4n) is 6.95. The van der Waals surface area contributed by atoms with E-state index in [4.69, 9.17) is 0 Å². The maximum Gasteiger partial charge on any atom is 0.253 e. The molecule has 0 bridgehead atoms. The number of anilines is 2. The highest BCUT2D eigenvalue weighted by molar-refractivity contribution is 6.26. The van der Waals surface area contributed by atoms with E-state index >= 15 is 0 Å². The number of aryl methyl sites for hydroxylation is 2. The summed E-state index contributed by atoms with van der Waals surface area (Å²) in [6.45, 7) is 7.17. The van der Waals surface area contributed by atoms with Gasteiger partial charge in [0.1, 0.15) is 5.54 Å². The molecule has 2 aromatic rings. The van der Waals surface area contributed by atoms with Crippen molar-refractivity contribution < 1.29 is 14.4 Å². The van der Waals surface area contributed by atoms with Gasteiger partial charge in [0.05, 0.1) is 17.5 Å². The Morgan fingerprint density at radius 1 is 1.00 bits per heavy atom. The number of fused-ring (bicyclic) bond motifs is 7. The summed E-state index contributed by atoms with van der Waals surface area (Å²) in [6, 6.07) is 13.5. The zero-order valence-electron chi connectivity index (χ0n) is 18.7. The predicted octanol–water partition coefficient (Wildman–Crippen LogP) is 3.15. The van der Waals surface area contributed by atoms with E-state index < -0.39 is 17.4 Å². The highest BCUT2D eigenvalue weighted by atomic mass is 16.2. The number of benzene rings is 2. The fraction of sp³-hybridized carbons (Fsp3) is 0.423. The maximum absolute atomic E-state index is 14.1. The van der Waals surface area contributed by atoms with Crippen LogP contribution in [0, 0.1) is 25.7 Å². The van der Waals surface area contributed by atoms with Gasteiger partial charge in [0, 0.05) is 23.8 Å². The van der Waals surface area contributed by atoms with Crippen molar-refractivity contribution in [3.63, 3.8) is 0 Å². The standard InChI is InChI=1S/C26H27N3O3/c1-4-27-19-9-6-5-8-17(19)26(25(27)32)22-21(20-10-7-13-28(20)26)23(30)29(24(22)31)18-12-11-15(2)14-16(18)3/h5-6,8-9,11-12,14,20-22H,4,7,10,13H2,1-3H3/t20-,21+,22-,26-/m0/s1. The second kappa shape index (κ2) is 6.51. The van der Waals surface area contributed by atoms with Crippen molar-refractivity contribution in [3.8, 4) is 0 Å². The van der Waals surface area contributed by atoms with Gasteiger partial charge in [-0.15, -0.1) is 0 Å². The summed E-state index contributed by atoms with van der Waals surface area (Å²) < 4.78 is 0. The van der Waals surface area contributed by atoms with Crippen molar-refractivity contribution in [3.05, 3.63) is 59.2 Å². The van der Waals surface area contributed by atoms with Gasteiger partial charge in [-0.3, -0.25) is 19.3 Å². The van der Waals surface area contributed by atoms with Gasteiger partial charge in [-0.25, -0.2) is 4.90 Å². The smallest absolute Gasteiger partial charge is 0.253 e. The van der Waals surface area contributed by atoms with Gasteiger partial charge < -0.3 is 4.90 Å². The Kier molecular flexibility index (Phi) is 4.01. The second-order valence-electron chi connectivity index (χ2n) is 9.54. The number of carbonyl (C=O) groups is 3. The molecule has 4 aliphatic rings. The number of likely N-dealkylation sites (N-methyl/N-ethyl adjacent to an activating group) is 1. The molecule has 6 heteroatoms. The SMILES string of the molecule is CCN1C(=O)[C@]2(c3ccccc31)[C@@H]1C(=O)N(c3ccc(C)cc3C)C(=O)[C@@H]1[C@@H]1CCCN12. The van der Waals surface area contributed by atoms with Crippen LogP contribution in [0.4, 0.5) is 11.4 Å². The van der Waals surface area contributed by atoms with Crippen LogP contribution >= 0.6 is 0 Å². The molecule has 0 aromatic heterocycles. The van der Waals surface area contributed by atoms with Crippen molar-refractivity contribution >= 4 is 29.1 Å². The van der Waals surface area contributed by atoms with Crippen molar-refractivity contribution in [1.29, 1.82) is 0 Å². The summed E-state index contributed by atoms with van der Waals surface area (Å²) in [5.41, 5.74) is 3.30. The first-order valence-electron chi connectivity index (χ1n) is 11.6. The molecule has 6 rings (SSSR count). The second-order valence-corrected chi connectivity index (χ2v) is 9.54. The summed E-state index contributed by atoms with van der Waals surface area (Å²) in [5, 5.41) is 0. The zero-order valence-corrected chi connectivity index (χ0v) is 18.7. The summed E-state index contributed by atoms with van der Waals surface area (Å²) in [4.78, 5) is 47.4. The third-order valence-corrected chi connectivity index (χ3v) is 8.05. The molecule has 0 radical (unpaired) electrons. The number of hydrogen-bond acceptors (Lipinski definition) is 4. The molecule has 4 aliphatic heterocycles. The average molecular weight is 430 g/mol. The van der Waals surface area contributed by atoms with Crippen molar-refractivity contribution in [2.24, 2.45) is 11.8 Å². The van der Waals surface area contributed by atoms with Gasteiger partial charge >= 0.3 is 0 Å². The molecular formula is C26H27N3O3. The van der Waals surface area contributed by atoms with E-state index in [0.717, 1.165) is 41.8 Å². The minimum atomic E-state index is -1.08. The lowest BCUT2D eigenvalue weighted by atomic mass is 9.75. The minimum absolute atomic E-state index is 0.0516. The van der Waals surface area contributed by atoms with E-state index in [1.54, 1.807) is 4.90 Å². The molecule has 164 valence electrons. The van der Waals surface area contributed by atoms with Crippen LogP contribution in [0.25, 0.3) is 0 Å². The molecule has 4 heterocycles. The van der Waals surface area contributed by atoms with Gasteiger partial charge in [0.25, 0.3) is 5.91 Å². The van der Waals surface area contributed by atoms with Crippen LogP contribution in [0.2, 0.25) is 0 Å². The Hall–Kier alpha value is -2.99. The Balaban J connectivity index is 1.57. The number of carbonyl (C=O) groups excluding carboxylic acids is 3. The molecule has 2 aromatic carbocycles. The van der Waals surface area contributed by atoms with Crippen molar-refractivity contribution in [2.75, 3.05) is 22.9 Å². The molecular weight excluding hydrogens is 402 g/mol. The molecule has 32 heavy (non-hydrogen) atoms. The normalized spacial score (nSPS) is 31.1. The molecule has 3 amide bonds. The molecule has 6 nitrogen and oxygen atoms in total. The molecule has 1 spiro atoms. The Bertz CT molecular complexity index is 1190. The van der Waals surface area contributed by atoms with Crippen LogP contribution in [0.3, 0.4) is 0 Å². The van der Waals surface area contributed by atoms with Gasteiger partial charge in [-0.1, -0.05) is 35.9 Å². The minimum Gasteiger partial charge on any atom is -0.310 e. The Morgan fingerprint density at radius 3 is 2.53 bits per heavy atom. The summed E-state index contributed by atoms with van der Waals surface area (Å²) in [7, 11) is 0. The van der Waals surface area contributed by atoms with Gasteiger partial charge in [-0.2, -0.15) is 0 Å². The predicted molar refractivity (Wildman–Crippen MR) is 121 cm³/mol. The monoisotopic (exact) mass is 429 g/mol. The van der Waals surface area contributed by atoms with E-state index in [2.05, 4.69) is 4.90 Å². The van der Waals surface area contributed by atoms with Crippen molar-refractivity contribution in [1.82, 2.24) is 4.90 Å². The number of nitrogens with zero attached hydrogens (tertiary/aromatic N) is 3. The summed E-state index contributed by atoms with van der Waals surface area (Å²) in [5.74, 6) is -1.61. The highest BCUT2D eigenvalue weighted by Gasteiger charge is 2.75. The lowest BCUT2D eigenvalue weighted by Gasteiger charge is -2.37. The van der Waals surface area contributed by atoms with Crippen LogP contribution in [-0.2, 0) is 19.9 Å². The van der Waals surface area contributed by atoms with Gasteiger partial charge in [0.2, 0.25) is 11.8 Å². The first-order valence-corrected chi connectivity index (χ1v) is 11.6. The Morgan fingerprint density at radius 2 is 1.78 bits per heavy atom. The number of para-hydroxylation sites is 1. The van der Waals surface area contributed by atoms with Crippen LogP contribution < -0.4 is 9.80 Å². The summed E-state index contributed by atoms with van der Waals surface area (Å²) in [6.07, 6.45) is 1.77. The van der Waals surface area contributed by atoms with Crippen molar-refractivity contribution in [2.45, 2.75) is 45.2 Å². The zero-order chi connectivity index (χ0) is 22.4. The molecule has 0 saturated carbocycles. The topological polar surface area (TPSA) is 60.9 Å². The molecule has 3 saturated heterocycles. The molecule has 0 aliphatic carbocycles. The third kappa shape index (κ3) is 2.11. The lowest BCUT2D eigenvalue weighted by molar-refractivity contribution is -0.137. The molecule has 0 N–H and O–H groups in total. The van der Waals surface area contributed by atoms with E-state index in [9.17, 15) is 14.4 Å². The Labute approximate surface area is 187 Å². The molecule has 3 fully saturated rings. The number of amides is 3. The first-order chi connectivity index (χ1) is 15.4.